The van der Waals surface area contributed by atoms with E-state index in [-0.39, 0.29) is 12.5 Å². The maximum atomic E-state index is 12.2. The van der Waals surface area contributed by atoms with Crippen molar-refractivity contribution in [2.24, 2.45) is 7.05 Å². The Bertz CT molecular complexity index is 842. The maximum absolute atomic E-state index is 12.2. The van der Waals surface area contributed by atoms with E-state index in [1.807, 2.05) is 36.7 Å². The molecule has 0 fully saturated rings. The average molecular weight is 388 g/mol. The molecule has 6 heteroatoms. The van der Waals surface area contributed by atoms with Crippen molar-refractivity contribution in [3.63, 3.8) is 0 Å². The van der Waals surface area contributed by atoms with Crippen molar-refractivity contribution in [3.05, 3.63) is 71.3 Å². The van der Waals surface area contributed by atoms with Crippen LogP contribution in [0.4, 0.5) is 0 Å². The molecular weight excluding hydrogens is 362 g/mol. The van der Waals surface area contributed by atoms with Crippen LogP contribution in [0.1, 0.15) is 36.2 Å². The summed E-state index contributed by atoms with van der Waals surface area (Å²) in [5.41, 5.74) is 4.73. The van der Waals surface area contributed by atoms with Gasteiger partial charge in [0.2, 0.25) is 5.91 Å². The van der Waals surface area contributed by atoms with E-state index in [1.54, 1.807) is 12.5 Å². The topological polar surface area (TPSA) is 56.1 Å². The minimum atomic E-state index is -0.442. The number of nitrogens with one attached hydrogen (secondary N) is 1. The number of nitrogens with zero attached hydrogens (tertiary/aromatic N) is 2. The Kier molecular flexibility index (Phi) is 7.39. The lowest BCUT2D eigenvalue weighted by atomic mass is 9.91. The molecule has 0 aliphatic heterocycles. The molecule has 1 aromatic heterocycles. The van der Waals surface area contributed by atoms with Gasteiger partial charge in [0.05, 0.1) is 24.3 Å². The van der Waals surface area contributed by atoms with E-state index in [1.165, 1.54) is 7.11 Å². The Morgan fingerprint density at radius 3 is 2.74 bits per heavy atom. The summed E-state index contributed by atoms with van der Waals surface area (Å²) in [7, 11) is 3.37. The van der Waals surface area contributed by atoms with Crippen LogP contribution in [0.15, 0.2) is 49.5 Å². The van der Waals surface area contributed by atoms with Crippen molar-refractivity contribution in [1.82, 2.24) is 14.9 Å². The number of benzene rings is 1. The number of imidazole rings is 1. The summed E-state index contributed by atoms with van der Waals surface area (Å²) in [6.45, 7) is 10.2. The van der Waals surface area contributed by atoms with E-state index in [9.17, 15) is 4.79 Å². The van der Waals surface area contributed by atoms with E-state index in [4.69, 9.17) is 16.3 Å². The molecule has 2 aromatic rings. The number of ether oxygens (including phenoxy) is 1. The molecular formula is C21H26ClN3O2. The van der Waals surface area contributed by atoms with Crippen LogP contribution in [-0.4, -0.2) is 29.2 Å². The van der Waals surface area contributed by atoms with Gasteiger partial charge in [-0.2, -0.15) is 0 Å². The normalized spacial score (nSPS) is 11.9. The highest BCUT2D eigenvalue weighted by atomic mass is 35.5. The Labute approximate surface area is 165 Å². The number of carbonyl (C=O) groups is 1. The fourth-order valence-corrected chi connectivity index (χ4v) is 3.06. The smallest absolute Gasteiger partial charge is 0.246 e. The fraction of sp³-hybridized carbons (Fsp3) is 0.333. The quantitative estimate of drug-likeness (QED) is 0.659. The standard InChI is InChI=1S/C21H26ClN3O2/c1-14(2)6-7-16-8-9-17(22)10-18(16)15(3)21(24-20(26)12-27-5)19-11-23-13-25(19)4/h8-11,13,21H,1,3,6-7,12H2,2,4-5H3,(H,24,26)/t21-/m1/s1. The summed E-state index contributed by atoms with van der Waals surface area (Å²) >= 11 is 6.26. The summed E-state index contributed by atoms with van der Waals surface area (Å²) in [6, 6.07) is 5.32. The van der Waals surface area contributed by atoms with Gasteiger partial charge in [0.1, 0.15) is 6.61 Å². The predicted octanol–water partition coefficient (Wildman–Crippen LogP) is 4.10. The first-order valence-corrected chi connectivity index (χ1v) is 9.07. The Balaban J connectivity index is 2.42. The zero-order valence-corrected chi connectivity index (χ0v) is 16.8. The number of aromatic nitrogens is 2. The maximum Gasteiger partial charge on any atom is 0.246 e. The summed E-state index contributed by atoms with van der Waals surface area (Å²) in [6.07, 6.45) is 5.11. The third-order valence-electron chi connectivity index (χ3n) is 4.32. The molecule has 1 heterocycles. The zero-order chi connectivity index (χ0) is 20.0. The molecule has 1 N–H and O–H groups in total. The lowest BCUT2D eigenvalue weighted by Crippen LogP contribution is -2.33. The second-order valence-corrected chi connectivity index (χ2v) is 7.08. The van der Waals surface area contributed by atoms with Gasteiger partial charge in [0.25, 0.3) is 0 Å². The minimum Gasteiger partial charge on any atom is -0.375 e. The number of carbonyl (C=O) groups excluding carboxylic acids is 1. The van der Waals surface area contributed by atoms with Gasteiger partial charge in [0.15, 0.2) is 0 Å². The largest absolute Gasteiger partial charge is 0.375 e. The molecule has 0 aliphatic carbocycles. The van der Waals surface area contributed by atoms with Crippen LogP contribution in [0.5, 0.6) is 0 Å². The lowest BCUT2D eigenvalue weighted by Gasteiger charge is -2.24. The van der Waals surface area contributed by atoms with Crippen molar-refractivity contribution < 1.29 is 9.53 Å². The van der Waals surface area contributed by atoms with Crippen LogP contribution >= 0.6 is 11.6 Å². The first kappa shape index (κ1) is 20.9. The molecule has 2 rings (SSSR count). The van der Waals surface area contributed by atoms with Crippen molar-refractivity contribution >= 4 is 23.1 Å². The van der Waals surface area contributed by atoms with Crippen molar-refractivity contribution in [2.75, 3.05) is 13.7 Å². The van der Waals surface area contributed by atoms with Crippen molar-refractivity contribution in [3.8, 4) is 0 Å². The summed E-state index contributed by atoms with van der Waals surface area (Å²) in [5, 5.41) is 3.61. The van der Waals surface area contributed by atoms with Gasteiger partial charge in [-0.25, -0.2) is 4.98 Å². The van der Waals surface area contributed by atoms with Crippen LogP contribution < -0.4 is 5.32 Å². The monoisotopic (exact) mass is 387 g/mol. The second-order valence-electron chi connectivity index (χ2n) is 6.65. The molecule has 0 aliphatic rings. The van der Waals surface area contributed by atoms with E-state index in [2.05, 4.69) is 23.5 Å². The lowest BCUT2D eigenvalue weighted by molar-refractivity contribution is -0.125. The van der Waals surface area contributed by atoms with Crippen LogP contribution in [-0.2, 0) is 23.0 Å². The Morgan fingerprint density at radius 2 is 2.15 bits per heavy atom. The van der Waals surface area contributed by atoms with Crippen LogP contribution in [0, 0.1) is 0 Å². The first-order valence-electron chi connectivity index (χ1n) is 8.70. The number of amides is 1. The highest BCUT2D eigenvalue weighted by Gasteiger charge is 2.23. The number of allylic oxidation sites excluding steroid dienone is 1. The third kappa shape index (κ3) is 5.55. The summed E-state index contributed by atoms with van der Waals surface area (Å²) in [4.78, 5) is 16.4. The van der Waals surface area contributed by atoms with Gasteiger partial charge in [-0.1, -0.05) is 29.8 Å². The number of halogens is 1. The molecule has 0 spiro atoms. The molecule has 0 unspecified atom stereocenters. The molecule has 27 heavy (non-hydrogen) atoms. The van der Waals surface area contributed by atoms with E-state index in [0.717, 1.165) is 40.8 Å². The van der Waals surface area contributed by atoms with Gasteiger partial charge >= 0.3 is 0 Å². The van der Waals surface area contributed by atoms with E-state index < -0.39 is 6.04 Å². The van der Waals surface area contributed by atoms with Gasteiger partial charge in [-0.3, -0.25) is 4.79 Å². The average Bonchev–Trinajstić information content (AvgIpc) is 3.04. The molecule has 0 radical (unpaired) electrons. The van der Waals surface area contributed by atoms with Crippen molar-refractivity contribution in [1.29, 1.82) is 0 Å². The molecule has 1 amide bonds. The number of methoxy groups -OCH3 is 1. The number of aryl methyl sites for hydroxylation is 2. The molecule has 0 saturated heterocycles. The number of hydrogen-bond donors (Lipinski definition) is 1. The second kappa shape index (κ2) is 9.53. The van der Waals surface area contributed by atoms with Gasteiger partial charge < -0.3 is 14.6 Å². The molecule has 1 aromatic carbocycles. The summed E-state index contributed by atoms with van der Waals surface area (Å²) < 4.78 is 6.81. The predicted molar refractivity (Wildman–Crippen MR) is 110 cm³/mol. The van der Waals surface area contributed by atoms with Gasteiger partial charge in [0, 0.05) is 19.2 Å². The van der Waals surface area contributed by atoms with Crippen LogP contribution in [0.2, 0.25) is 5.02 Å². The fourth-order valence-electron chi connectivity index (χ4n) is 2.89. The van der Waals surface area contributed by atoms with Gasteiger partial charge in [-0.05, 0) is 48.6 Å². The SMILES string of the molecule is C=C(C)CCc1ccc(Cl)cc1C(=C)[C@@H](NC(=O)COC)c1cncn1C. The van der Waals surface area contributed by atoms with Crippen LogP contribution in [0.3, 0.4) is 0 Å². The van der Waals surface area contributed by atoms with E-state index in [0.29, 0.717) is 5.02 Å². The molecule has 0 bridgehead atoms. The van der Waals surface area contributed by atoms with E-state index >= 15 is 0 Å². The Morgan fingerprint density at radius 1 is 1.41 bits per heavy atom. The third-order valence-corrected chi connectivity index (χ3v) is 4.55. The van der Waals surface area contributed by atoms with Crippen molar-refractivity contribution in [2.45, 2.75) is 25.8 Å². The van der Waals surface area contributed by atoms with Gasteiger partial charge in [-0.15, -0.1) is 6.58 Å². The molecule has 144 valence electrons. The molecule has 1 atom stereocenters. The number of hydrogen-bond acceptors (Lipinski definition) is 3. The summed E-state index contributed by atoms with van der Waals surface area (Å²) in [5.74, 6) is -0.227. The highest BCUT2D eigenvalue weighted by Crippen LogP contribution is 2.33. The zero-order valence-electron chi connectivity index (χ0n) is 16.1. The molecule has 0 saturated carbocycles. The minimum absolute atomic E-state index is 0.0281. The van der Waals surface area contributed by atoms with Crippen LogP contribution in [0.25, 0.3) is 5.57 Å². The highest BCUT2D eigenvalue weighted by molar-refractivity contribution is 6.30. The Hall–Kier alpha value is -2.37. The first-order chi connectivity index (χ1) is 12.8. The number of rotatable bonds is 9. The molecule has 5 nitrogen and oxygen atoms in total.